The van der Waals surface area contributed by atoms with E-state index >= 15 is 0 Å². The molecule has 0 aromatic heterocycles. The van der Waals surface area contributed by atoms with Gasteiger partial charge in [-0.25, -0.2) is 0 Å². The summed E-state index contributed by atoms with van der Waals surface area (Å²) >= 11 is 0. The summed E-state index contributed by atoms with van der Waals surface area (Å²) in [5.74, 6) is 0. The standard InChI is InChI=1S/C8H9NO.C8H10/c1-9(7-10)8-5-3-2-4-6-8;1-7-4-3-5-8(2)6-7/h2-7H,1H3;3-6H,1-2H3. The van der Waals surface area contributed by atoms with Crippen molar-refractivity contribution in [2.75, 3.05) is 11.9 Å². The van der Waals surface area contributed by atoms with E-state index in [4.69, 9.17) is 0 Å². The molecule has 18 heavy (non-hydrogen) atoms. The highest BCUT2D eigenvalue weighted by molar-refractivity contribution is 5.73. The molecule has 2 aromatic rings. The van der Waals surface area contributed by atoms with E-state index in [1.807, 2.05) is 30.3 Å². The van der Waals surface area contributed by atoms with E-state index in [1.54, 1.807) is 7.05 Å². The second-order valence-corrected chi connectivity index (χ2v) is 4.21. The summed E-state index contributed by atoms with van der Waals surface area (Å²) < 4.78 is 0. The lowest BCUT2D eigenvalue weighted by molar-refractivity contribution is -0.107. The van der Waals surface area contributed by atoms with Gasteiger partial charge in [0.1, 0.15) is 0 Å². The minimum Gasteiger partial charge on any atom is -0.318 e. The molecule has 2 heteroatoms. The van der Waals surface area contributed by atoms with Crippen molar-refractivity contribution >= 4 is 12.1 Å². The summed E-state index contributed by atoms with van der Waals surface area (Å²) in [7, 11) is 1.72. The second-order valence-electron chi connectivity index (χ2n) is 4.21. The predicted octanol–water partition coefficient (Wildman–Crippen LogP) is 3.58. The van der Waals surface area contributed by atoms with Crippen molar-refractivity contribution in [3.05, 3.63) is 65.7 Å². The molecule has 0 radical (unpaired) electrons. The molecule has 94 valence electrons. The number of hydrogen-bond acceptors (Lipinski definition) is 1. The predicted molar refractivity (Wildman–Crippen MR) is 76.8 cm³/mol. The average molecular weight is 241 g/mol. The minimum atomic E-state index is 0.787. The number of benzene rings is 2. The number of para-hydroxylation sites is 1. The first-order valence-corrected chi connectivity index (χ1v) is 5.90. The highest BCUT2D eigenvalue weighted by atomic mass is 16.1. The largest absolute Gasteiger partial charge is 0.318 e. The van der Waals surface area contributed by atoms with Crippen LogP contribution in [0.25, 0.3) is 0 Å². The van der Waals surface area contributed by atoms with Crippen LogP contribution in [-0.4, -0.2) is 13.5 Å². The summed E-state index contributed by atoms with van der Waals surface area (Å²) in [6, 6.07) is 17.9. The smallest absolute Gasteiger partial charge is 0.213 e. The third-order valence-electron chi connectivity index (χ3n) is 2.50. The molecular formula is C16H19NO. The van der Waals surface area contributed by atoms with Crippen molar-refractivity contribution < 1.29 is 4.79 Å². The van der Waals surface area contributed by atoms with Crippen molar-refractivity contribution in [3.8, 4) is 0 Å². The molecule has 0 aliphatic carbocycles. The van der Waals surface area contributed by atoms with E-state index in [9.17, 15) is 4.79 Å². The Hall–Kier alpha value is -2.09. The van der Waals surface area contributed by atoms with Crippen molar-refractivity contribution in [3.63, 3.8) is 0 Å². The van der Waals surface area contributed by atoms with Gasteiger partial charge in [-0.15, -0.1) is 0 Å². The molecule has 1 amide bonds. The number of amides is 1. The molecule has 0 aliphatic heterocycles. The number of carbonyl (C=O) groups excluding carboxylic acids is 1. The molecule has 0 unspecified atom stereocenters. The zero-order valence-corrected chi connectivity index (χ0v) is 11.1. The van der Waals surface area contributed by atoms with Crippen LogP contribution in [0.4, 0.5) is 5.69 Å². The maximum Gasteiger partial charge on any atom is 0.213 e. The second kappa shape index (κ2) is 7.28. The minimum absolute atomic E-state index is 0.787. The van der Waals surface area contributed by atoms with Crippen molar-refractivity contribution in [2.24, 2.45) is 0 Å². The molecule has 0 saturated carbocycles. The van der Waals surface area contributed by atoms with Gasteiger partial charge in [0.05, 0.1) is 0 Å². The van der Waals surface area contributed by atoms with Crippen molar-refractivity contribution in [2.45, 2.75) is 13.8 Å². The van der Waals surface area contributed by atoms with E-state index in [-0.39, 0.29) is 0 Å². The van der Waals surface area contributed by atoms with Crippen LogP contribution in [-0.2, 0) is 4.79 Å². The molecule has 0 fully saturated rings. The van der Waals surface area contributed by atoms with Gasteiger partial charge < -0.3 is 4.90 Å². The normalized spacial score (nSPS) is 9.06. The van der Waals surface area contributed by atoms with Crippen LogP contribution < -0.4 is 4.90 Å². The highest BCUT2D eigenvalue weighted by Gasteiger charge is 1.93. The van der Waals surface area contributed by atoms with Crippen LogP contribution in [0.2, 0.25) is 0 Å². The summed E-state index contributed by atoms with van der Waals surface area (Å²) in [4.78, 5) is 11.8. The van der Waals surface area contributed by atoms with E-state index < -0.39 is 0 Å². The van der Waals surface area contributed by atoms with Gasteiger partial charge in [0.15, 0.2) is 0 Å². The molecule has 0 spiro atoms. The maximum absolute atomic E-state index is 10.2. The van der Waals surface area contributed by atoms with E-state index in [1.165, 1.54) is 16.0 Å². The Kier molecular flexibility index (Phi) is 5.65. The van der Waals surface area contributed by atoms with Gasteiger partial charge >= 0.3 is 0 Å². The first-order valence-electron chi connectivity index (χ1n) is 5.90. The zero-order chi connectivity index (χ0) is 13.4. The summed E-state index contributed by atoms with van der Waals surface area (Å²) in [6.07, 6.45) is 0.787. The fourth-order valence-electron chi connectivity index (χ4n) is 1.53. The Labute approximate surface area is 109 Å². The van der Waals surface area contributed by atoms with Crippen LogP contribution >= 0.6 is 0 Å². The molecule has 2 nitrogen and oxygen atoms in total. The van der Waals surface area contributed by atoms with Gasteiger partial charge in [-0.3, -0.25) is 4.79 Å². The summed E-state index contributed by atoms with van der Waals surface area (Å²) in [6.45, 7) is 4.21. The van der Waals surface area contributed by atoms with Crippen LogP contribution in [0.1, 0.15) is 11.1 Å². The van der Waals surface area contributed by atoms with E-state index in [2.05, 4.69) is 38.1 Å². The van der Waals surface area contributed by atoms with Crippen LogP contribution in [0, 0.1) is 13.8 Å². The lowest BCUT2D eigenvalue weighted by Gasteiger charge is -2.08. The number of aryl methyl sites for hydroxylation is 2. The summed E-state index contributed by atoms with van der Waals surface area (Å²) in [5.41, 5.74) is 3.59. The van der Waals surface area contributed by atoms with Crippen molar-refractivity contribution in [1.29, 1.82) is 0 Å². The fourth-order valence-corrected chi connectivity index (χ4v) is 1.53. The molecular weight excluding hydrogens is 222 g/mol. The molecule has 2 aromatic carbocycles. The van der Waals surface area contributed by atoms with Crippen LogP contribution in [0.3, 0.4) is 0 Å². The Morgan fingerprint density at radius 3 is 1.83 bits per heavy atom. The zero-order valence-electron chi connectivity index (χ0n) is 11.1. The number of anilines is 1. The Balaban J connectivity index is 0.000000184. The molecule has 0 bridgehead atoms. The number of rotatable bonds is 2. The number of hydrogen-bond donors (Lipinski definition) is 0. The third-order valence-corrected chi connectivity index (χ3v) is 2.50. The van der Waals surface area contributed by atoms with Gasteiger partial charge in [-0.2, -0.15) is 0 Å². The van der Waals surface area contributed by atoms with Gasteiger partial charge in [0, 0.05) is 12.7 Å². The molecule has 0 atom stereocenters. The van der Waals surface area contributed by atoms with Crippen LogP contribution in [0.15, 0.2) is 54.6 Å². The highest BCUT2D eigenvalue weighted by Crippen LogP contribution is 2.07. The van der Waals surface area contributed by atoms with Gasteiger partial charge in [0.25, 0.3) is 0 Å². The maximum atomic E-state index is 10.2. The SMILES string of the molecule is CN(C=O)c1ccccc1.Cc1cccc(C)c1. The number of carbonyl (C=O) groups is 1. The van der Waals surface area contributed by atoms with E-state index in [0.717, 1.165) is 12.1 Å². The Morgan fingerprint density at radius 2 is 1.44 bits per heavy atom. The van der Waals surface area contributed by atoms with Crippen LogP contribution in [0.5, 0.6) is 0 Å². The molecule has 0 saturated heterocycles. The summed E-state index contributed by atoms with van der Waals surface area (Å²) in [5, 5.41) is 0. The fraction of sp³-hybridized carbons (Fsp3) is 0.188. The lowest BCUT2D eigenvalue weighted by Crippen LogP contribution is -2.12. The van der Waals surface area contributed by atoms with Gasteiger partial charge in [-0.05, 0) is 26.0 Å². The lowest BCUT2D eigenvalue weighted by atomic mass is 10.2. The number of nitrogens with zero attached hydrogens (tertiary/aromatic N) is 1. The third kappa shape index (κ3) is 4.83. The monoisotopic (exact) mass is 241 g/mol. The van der Waals surface area contributed by atoms with E-state index in [0.29, 0.717) is 0 Å². The topological polar surface area (TPSA) is 20.3 Å². The first kappa shape index (κ1) is 14.0. The Bertz CT molecular complexity index is 462. The molecule has 0 N–H and O–H groups in total. The Morgan fingerprint density at radius 1 is 0.889 bits per heavy atom. The van der Waals surface area contributed by atoms with Crippen molar-refractivity contribution in [1.82, 2.24) is 0 Å². The van der Waals surface area contributed by atoms with Gasteiger partial charge in [0.2, 0.25) is 6.41 Å². The molecule has 0 heterocycles. The first-order chi connectivity index (χ1) is 8.63. The molecule has 2 rings (SSSR count). The molecule has 0 aliphatic rings. The van der Waals surface area contributed by atoms with Gasteiger partial charge in [-0.1, -0.05) is 53.6 Å². The quantitative estimate of drug-likeness (QED) is 0.736. The average Bonchev–Trinajstić information content (AvgIpc) is 2.39.